The summed E-state index contributed by atoms with van der Waals surface area (Å²) in [5, 5.41) is 0. The number of hydrogen-bond acceptors (Lipinski definition) is 11. The molecule has 2 atom stereocenters. The maximum absolute atomic E-state index is 13.4. The first-order valence-corrected chi connectivity index (χ1v) is 13.5. The van der Waals surface area contributed by atoms with E-state index in [2.05, 4.69) is 4.90 Å². The Bertz CT molecular complexity index is 1510. The lowest BCUT2D eigenvalue weighted by atomic mass is 9.84. The summed E-state index contributed by atoms with van der Waals surface area (Å²) >= 11 is 0. The van der Waals surface area contributed by atoms with E-state index < -0.39 is 18.1 Å². The number of cyclic esters (lactones) is 1. The van der Waals surface area contributed by atoms with E-state index in [1.807, 2.05) is 24.3 Å². The van der Waals surface area contributed by atoms with Crippen molar-refractivity contribution in [3.8, 4) is 46.0 Å². The Morgan fingerprint density at radius 2 is 1.50 bits per heavy atom. The number of carbonyl (C=O) groups is 1. The Balaban J connectivity index is 1.51. The van der Waals surface area contributed by atoms with E-state index in [4.69, 9.17) is 42.6 Å². The Morgan fingerprint density at radius 3 is 2.14 bits per heavy atom. The van der Waals surface area contributed by atoms with Crippen molar-refractivity contribution in [2.75, 3.05) is 56.0 Å². The van der Waals surface area contributed by atoms with E-state index in [0.29, 0.717) is 76.6 Å². The van der Waals surface area contributed by atoms with Crippen LogP contribution in [0.5, 0.6) is 46.0 Å². The van der Waals surface area contributed by atoms with Crippen LogP contribution in [0.1, 0.15) is 44.8 Å². The Morgan fingerprint density at radius 1 is 0.810 bits per heavy atom. The first kappa shape index (κ1) is 27.6. The van der Waals surface area contributed by atoms with Gasteiger partial charge in [-0.05, 0) is 41.8 Å². The predicted octanol–water partition coefficient (Wildman–Crippen LogP) is 4.48. The average molecular weight is 580 g/mol. The molecule has 42 heavy (non-hydrogen) atoms. The zero-order valence-electron chi connectivity index (χ0n) is 24.4. The van der Waals surface area contributed by atoms with Crippen molar-refractivity contribution >= 4 is 5.97 Å². The van der Waals surface area contributed by atoms with Crippen molar-refractivity contribution in [1.29, 1.82) is 0 Å². The molecule has 0 radical (unpaired) electrons. The van der Waals surface area contributed by atoms with Gasteiger partial charge >= 0.3 is 5.97 Å². The smallest absolute Gasteiger partial charge is 0.343 e. The van der Waals surface area contributed by atoms with Crippen LogP contribution < -0.4 is 37.9 Å². The zero-order valence-corrected chi connectivity index (χ0v) is 24.4. The molecule has 0 bridgehead atoms. The highest BCUT2D eigenvalue weighted by Crippen LogP contribution is 2.56. The molecule has 3 aromatic carbocycles. The molecule has 3 aromatic rings. The van der Waals surface area contributed by atoms with Gasteiger partial charge in [0.2, 0.25) is 18.3 Å². The topological polar surface area (TPSA) is 103 Å². The van der Waals surface area contributed by atoms with Crippen LogP contribution in [0.25, 0.3) is 0 Å². The number of esters is 1. The van der Waals surface area contributed by atoms with E-state index >= 15 is 0 Å². The van der Waals surface area contributed by atoms with Crippen molar-refractivity contribution in [3.63, 3.8) is 0 Å². The van der Waals surface area contributed by atoms with E-state index in [9.17, 15) is 4.79 Å². The number of benzene rings is 3. The fourth-order valence-corrected chi connectivity index (χ4v) is 6.24. The molecule has 11 heteroatoms. The zero-order chi connectivity index (χ0) is 29.5. The molecule has 0 saturated heterocycles. The van der Waals surface area contributed by atoms with Crippen LogP contribution in [0.15, 0.2) is 30.3 Å². The number of carbonyl (C=O) groups excluding carboxylic acids is 1. The van der Waals surface area contributed by atoms with Crippen molar-refractivity contribution in [2.45, 2.75) is 25.1 Å². The van der Waals surface area contributed by atoms with Gasteiger partial charge in [0, 0.05) is 24.2 Å². The van der Waals surface area contributed by atoms with Crippen molar-refractivity contribution < 1.29 is 47.4 Å². The Labute approximate surface area is 243 Å². The Kier molecular flexibility index (Phi) is 7.28. The van der Waals surface area contributed by atoms with Crippen LogP contribution in [0.4, 0.5) is 0 Å². The van der Waals surface area contributed by atoms with Crippen LogP contribution in [0, 0.1) is 0 Å². The summed E-state index contributed by atoms with van der Waals surface area (Å²) in [5.74, 6) is 3.66. The van der Waals surface area contributed by atoms with Gasteiger partial charge in [0.25, 0.3) is 0 Å². The first-order chi connectivity index (χ1) is 20.5. The van der Waals surface area contributed by atoms with Gasteiger partial charge in [-0.1, -0.05) is 6.07 Å². The number of methoxy groups -OCH3 is 6. The molecule has 222 valence electrons. The highest BCUT2D eigenvalue weighted by Gasteiger charge is 2.47. The van der Waals surface area contributed by atoms with Crippen LogP contribution in [-0.2, 0) is 17.7 Å². The summed E-state index contributed by atoms with van der Waals surface area (Å²) in [6, 6.07) is 9.05. The van der Waals surface area contributed by atoms with Crippen LogP contribution in [0.3, 0.4) is 0 Å². The lowest BCUT2D eigenvalue weighted by Gasteiger charge is -2.40. The van der Waals surface area contributed by atoms with Gasteiger partial charge < -0.3 is 42.6 Å². The highest BCUT2D eigenvalue weighted by molar-refractivity contribution is 5.98. The lowest BCUT2D eigenvalue weighted by molar-refractivity contribution is 0.000505. The highest BCUT2D eigenvalue weighted by atomic mass is 16.7. The molecule has 3 aliphatic rings. The first-order valence-electron chi connectivity index (χ1n) is 13.5. The molecule has 0 saturated carbocycles. The summed E-state index contributed by atoms with van der Waals surface area (Å²) in [7, 11) is 9.40. The maximum Gasteiger partial charge on any atom is 0.343 e. The summed E-state index contributed by atoms with van der Waals surface area (Å²) in [6.45, 7) is 1.25. The third-order valence-corrected chi connectivity index (χ3v) is 8.02. The van der Waals surface area contributed by atoms with Crippen molar-refractivity contribution in [2.24, 2.45) is 0 Å². The van der Waals surface area contributed by atoms with Gasteiger partial charge in [-0.15, -0.1) is 0 Å². The fourth-order valence-electron chi connectivity index (χ4n) is 6.24. The normalized spacial score (nSPS) is 18.6. The van der Waals surface area contributed by atoms with Gasteiger partial charge in [0.1, 0.15) is 11.7 Å². The van der Waals surface area contributed by atoms with Gasteiger partial charge in [-0.3, -0.25) is 4.90 Å². The number of ether oxygens (including phenoxy) is 9. The average Bonchev–Trinajstić information content (AvgIpc) is 3.62. The second-order valence-corrected chi connectivity index (χ2v) is 10.0. The molecule has 0 fully saturated rings. The molecule has 0 N–H and O–H groups in total. The van der Waals surface area contributed by atoms with Gasteiger partial charge in [0.05, 0.1) is 48.7 Å². The summed E-state index contributed by atoms with van der Waals surface area (Å²) in [5.41, 5.74) is 3.88. The maximum atomic E-state index is 13.4. The molecular weight excluding hydrogens is 546 g/mol. The van der Waals surface area contributed by atoms with Crippen LogP contribution in [0.2, 0.25) is 0 Å². The second kappa shape index (κ2) is 11.1. The molecule has 3 heterocycles. The summed E-state index contributed by atoms with van der Waals surface area (Å²) in [4.78, 5) is 15.7. The molecule has 0 spiro atoms. The third kappa shape index (κ3) is 4.27. The summed E-state index contributed by atoms with van der Waals surface area (Å²) in [6.07, 6.45) is 0.0329. The second-order valence-electron chi connectivity index (χ2n) is 10.0. The molecule has 3 aliphatic heterocycles. The lowest BCUT2D eigenvalue weighted by Crippen LogP contribution is -2.38. The predicted molar refractivity (Wildman–Crippen MR) is 150 cm³/mol. The van der Waals surface area contributed by atoms with E-state index in [-0.39, 0.29) is 6.79 Å². The van der Waals surface area contributed by atoms with Gasteiger partial charge in [-0.2, -0.15) is 0 Å². The SMILES string of the molecule is COc1cc(CN2CCc3cc4c(c(OC)c3[C@@H]2[C@H]2OC(=O)c3c2ccc(OC)c3OC)OCO4)cc(OC)c1OC. The van der Waals surface area contributed by atoms with Crippen molar-refractivity contribution in [3.05, 3.63) is 58.1 Å². The van der Waals surface area contributed by atoms with E-state index in [0.717, 1.165) is 16.7 Å². The Hall–Kier alpha value is -4.51. The number of fused-ring (bicyclic) bond motifs is 3. The number of hydrogen-bond donors (Lipinski definition) is 0. The molecule has 0 aromatic heterocycles. The molecule has 0 aliphatic carbocycles. The van der Waals surface area contributed by atoms with Crippen LogP contribution in [-0.4, -0.2) is 66.9 Å². The van der Waals surface area contributed by atoms with Gasteiger partial charge in [0.15, 0.2) is 34.5 Å². The van der Waals surface area contributed by atoms with E-state index in [1.165, 1.54) is 14.2 Å². The monoisotopic (exact) mass is 579 g/mol. The molecule has 11 nitrogen and oxygen atoms in total. The number of nitrogens with zero attached hydrogens (tertiary/aromatic N) is 1. The fraction of sp³-hybridized carbons (Fsp3) is 0.387. The number of rotatable bonds is 9. The van der Waals surface area contributed by atoms with E-state index in [1.54, 1.807) is 34.5 Å². The molecule has 0 amide bonds. The van der Waals surface area contributed by atoms with Gasteiger partial charge in [-0.25, -0.2) is 4.79 Å². The molecule has 6 rings (SSSR count). The van der Waals surface area contributed by atoms with Crippen molar-refractivity contribution in [1.82, 2.24) is 4.90 Å². The minimum absolute atomic E-state index is 0.104. The largest absolute Gasteiger partial charge is 0.493 e. The minimum Gasteiger partial charge on any atom is -0.493 e. The molecular formula is C31H33NO10. The summed E-state index contributed by atoms with van der Waals surface area (Å²) < 4.78 is 51.5. The third-order valence-electron chi connectivity index (χ3n) is 8.02. The minimum atomic E-state index is -0.678. The van der Waals surface area contributed by atoms with Crippen LogP contribution >= 0.6 is 0 Å². The molecule has 0 unspecified atom stereocenters. The quantitative estimate of drug-likeness (QED) is 0.335. The standard InChI is InChI=1S/C31H33NO10/c1-34-19-8-7-18-24(28(19)38-5)31(33)42-26(18)25-23-17(13-22-29(30(23)39-6)41-15-40-22)9-10-32(25)14-16-11-20(35-2)27(37-4)21(12-16)36-3/h7-8,11-13,25-26H,9-10,14-15H2,1-6H3/t25-,26+/m1/s1.